The number of carbonyl (C=O) groups excluding carboxylic acids is 1. The summed E-state index contributed by atoms with van der Waals surface area (Å²) in [6.45, 7) is 3.34. The lowest BCUT2D eigenvalue weighted by Crippen LogP contribution is -2.35. The smallest absolute Gasteiger partial charge is 0.222 e. The number of para-hydroxylation sites is 1. The molecule has 2 aromatic carbocycles. The van der Waals surface area contributed by atoms with Crippen LogP contribution in [0.1, 0.15) is 18.4 Å². The lowest BCUT2D eigenvalue weighted by atomic mass is 10.0. The molecular weight excluding hydrogens is 432 g/mol. The third kappa shape index (κ3) is 4.59. The number of H-pyrrole nitrogens is 1. The third-order valence-corrected chi connectivity index (χ3v) is 7.15. The van der Waals surface area contributed by atoms with Gasteiger partial charge in [-0.3, -0.25) is 4.79 Å². The molecule has 33 heavy (non-hydrogen) atoms. The summed E-state index contributed by atoms with van der Waals surface area (Å²) in [6, 6.07) is 16.4. The molecule has 1 N–H and O–H groups in total. The Labute approximate surface area is 197 Å². The Morgan fingerprint density at radius 3 is 2.73 bits per heavy atom. The fourth-order valence-corrected chi connectivity index (χ4v) is 5.28. The molecule has 7 heteroatoms. The zero-order chi connectivity index (χ0) is 22.6. The highest BCUT2D eigenvalue weighted by Crippen LogP contribution is 2.32. The summed E-state index contributed by atoms with van der Waals surface area (Å²) in [5.74, 6) is 1.06. The van der Waals surface area contributed by atoms with E-state index in [0.717, 1.165) is 60.3 Å². The van der Waals surface area contributed by atoms with E-state index in [2.05, 4.69) is 45.2 Å². The Bertz CT molecular complexity index is 1220. The zero-order valence-electron chi connectivity index (χ0n) is 18.8. The van der Waals surface area contributed by atoms with E-state index in [9.17, 15) is 4.79 Å². The average Bonchev–Trinajstić information content (AvgIpc) is 3.45. The maximum atomic E-state index is 13.2. The van der Waals surface area contributed by atoms with E-state index in [1.807, 2.05) is 34.7 Å². The second-order valence-corrected chi connectivity index (χ2v) is 9.16. The van der Waals surface area contributed by atoms with E-state index in [0.29, 0.717) is 12.8 Å². The number of aromatic amines is 1. The standard InChI is InChI=1S/C26H28N4O2S/c1-32-20-9-7-19(8-10-20)25-22(21-5-2-3-6-23(21)28-25)11-12-24(31)29-14-4-15-30(17-16-29)26-27-13-18-33-26/h2-3,5-10,13,18,28H,4,11-12,14-17H2,1H3. The number of methoxy groups -OCH3 is 1. The number of nitrogens with zero attached hydrogens (tertiary/aromatic N) is 3. The second kappa shape index (κ2) is 9.67. The summed E-state index contributed by atoms with van der Waals surface area (Å²) in [4.78, 5) is 25.5. The van der Waals surface area contributed by atoms with E-state index in [-0.39, 0.29) is 5.91 Å². The van der Waals surface area contributed by atoms with Crippen LogP contribution in [0.5, 0.6) is 5.75 Å². The number of fused-ring (bicyclic) bond motifs is 1. The molecule has 2 aromatic heterocycles. The molecule has 0 bridgehead atoms. The van der Waals surface area contributed by atoms with Crippen molar-refractivity contribution in [2.75, 3.05) is 38.2 Å². The monoisotopic (exact) mass is 460 g/mol. The van der Waals surface area contributed by atoms with Crippen molar-refractivity contribution < 1.29 is 9.53 Å². The van der Waals surface area contributed by atoms with Crippen LogP contribution in [-0.2, 0) is 11.2 Å². The molecular formula is C26H28N4O2S. The van der Waals surface area contributed by atoms with Crippen LogP contribution in [-0.4, -0.2) is 54.1 Å². The van der Waals surface area contributed by atoms with Gasteiger partial charge in [0, 0.05) is 60.8 Å². The maximum absolute atomic E-state index is 13.2. The minimum atomic E-state index is 0.224. The normalized spacial score (nSPS) is 14.5. The maximum Gasteiger partial charge on any atom is 0.222 e. The van der Waals surface area contributed by atoms with E-state index >= 15 is 0 Å². The van der Waals surface area contributed by atoms with Gasteiger partial charge >= 0.3 is 0 Å². The number of carbonyl (C=O) groups is 1. The van der Waals surface area contributed by atoms with Crippen molar-refractivity contribution in [3.8, 4) is 17.0 Å². The largest absolute Gasteiger partial charge is 0.497 e. The number of nitrogens with one attached hydrogen (secondary N) is 1. The predicted molar refractivity (Wildman–Crippen MR) is 134 cm³/mol. The van der Waals surface area contributed by atoms with Gasteiger partial charge in [-0.1, -0.05) is 18.2 Å². The second-order valence-electron chi connectivity index (χ2n) is 8.29. The Balaban J connectivity index is 1.32. The van der Waals surface area contributed by atoms with Crippen LogP contribution < -0.4 is 9.64 Å². The van der Waals surface area contributed by atoms with Gasteiger partial charge in [0.15, 0.2) is 5.13 Å². The molecule has 6 nitrogen and oxygen atoms in total. The number of aromatic nitrogens is 2. The number of thiazole rings is 1. The summed E-state index contributed by atoms with van der Waals surface area (Å²) < 4.78 is 5.31. The number of anilines is 1. The fraction of sp³-hybridized carbons (Fsp3) is 0.308. The summed E-state index contributed by atoms with van der Waals surface area (Å²) in [5, 5.41) is 4.24. The molecule has 1 aliphatic rings. The van der Waals surface area contributed by atoms with Gasteiger partial charge in [0.05, 0.1) is 7.11 Å². The number of ether oxygens (including phenoxy) is 1. The molecule has 4 aromatic rings. The highest BCUT2D eigenvalue weighted by atomic mass is 32.1. The first-order valence-electron chi connectivity index (χ1n) is 11.4. The number of benzene rings is 2. The highest BCUT2D eigenvalue weighted by molar-refractivity contribution is 7.13. The van der Waals surface area contributed by atoms with Crippen molar-refractivity contribution in [2.45, 2.75) is 19.3 Å². The van der Waals surface area contributed by atoms with Gasteiger partial charge in [0.1, 0.15) is 5.75 Å². The number of rotatable bonds is 6. The van der Waals surface area contributed by atoms with E-state index in [1.165, 1.54) is 10.9 Å². The molecule has 0 atom stereocenters. The van der Waals surface area contributed by atoms with Crippen LogP contribution in [0, 0.1) is 0 Å². The van der Waals surface area contributed by atoms with Crippen molar-refractivity contribution in [2.24, 2.45) is 0 Å². The molecule has 0 radical (unpaired) electrons. The van der Waals surface area contributed by atoms with Crippen LogP contribution in [0.25, 0.3) is 22.2 Å². The molecule has 5 rings (SSSR count). The number of hydrogen-bond acceptors (Lipinski definition) is 5. The zero-order valence-corrected chi connectivity index (χ0v) is 19.6. The van der Waals surface area contributed by atoms with Crippen LogP contribution >= 0.6 is 11.3 Å². The minimum Gasteiger partial charge on any atom is -0.497 e. The number of hydrogen-bond donors (Lipinski definition) is 1. The van der Waals surface area contributed by atoms with Crippen LogP contribution in [0.4, 0.5) is 5.13 Å². The molecule has 1 fully saturated rings. The summed E-state index contributed by atoms with van der Waals surface area (Å²) >= 11 is 1.66. The van der Waals surface area contributed by atoms with Crippen LogP contribution in [0.15, 0.2) is 60.1 Å². The summed E-state index contributed by atoms with van der Waals surface area (Å²) in [6.07, 6.45) is 4.02. The Hall–Kier alpha value is -3.32. The lowest BCUT2D eigenvalue weighted by molar-refractivity contribution is -0.130. The van der Waals surface area contributed by atoms with Crippen molar-refractivity contribution in [1.82, 2.24) is 14.9 Å². The SMILES string of the molecule is COc1ccc(-c2[nH]c3ccccc3c2CCC(=O)N2CCCN(c3nccs3)CC2)cc1. The van der Waals surface area contributed by atoms with Gasteiger partial charge in [0.25, 0.3) is 0 Å². The van der Waals surface area contributed by atoms with Crippen molar-refractivity contribution in [3.63, 3.8) is 0 Å². The Morgan fingerprint density at radius 2 is 1.94 bits per heavy atom. The van der Waals surface area contributed by atoms with Crippen LogP contribution in [0.3, 0.4) is 0 Å². The molecule has 3 heterocycles. The van der Waals surface area contributed by atoms with E-state index in [1.54, 1.807) is 18.4 Å². The Morgan fingerprint density at radius 1 is 1.09 bits per heavy atom. The molecule has 0 unspecified atom stereocenters. The third-order valence-electron chi connectivity index (χ3n) is 6.32. The number of aryl methyl sites for hydroxylation is 1. The van der Waals surface area contributed by atoms with Gasteiger partial charge in [-0.15, -0.1) is 11.3 Å². The fourth-order valence-electron chi connectivity index (χ4n) is 4.58. The quantitative estimate of drug-likeness (QED) is 0.441. The van der Waals surface area contributed by atoms with Gasteiger partial charge < -0.3 is 19.5 Å². The molecule has 1 aliphatic heterocycles. The van der Waals surface area contributed by atoms with E-state index < -0.39 is 0 Å². The van der Waals surface area contributed by atoms with Crippen molar-refractivity contribution >= 4 is 33.3 Å². The summed E-state index contributed by atoms with van der Waals surface area (Å²) in [7, 11) is 1.67. The molecule has 170 valence electrons. The topological polar surface area (TPSA) is 61.5 Å². The molecule has 0 aliphatic carbocycles. The first-order valence-corrected chi connectivity index (χ1v) is 12.3. The molecule has 0 saturated carbocycles. The van der Waals surface area contributed by atoms with Crippen LogP contribution in [0.2, 0.25) is 0 Å². The molecule has 1 saturated heterocycles. The van der Waals surface area contributed by atoms with Gasteiger partial charge in [-0.2, -0.15) is 0 Å². The predicted octanol–water partition coefficient (Wildman–Crippen LogP) is 4.97. The first-order chi connectivity index (χ1) is 16.2. The van der Waals surface area contributed by atoms with E-state index in [4.69, 9.17) is 4.74 Å². The molecule has 0 spiro atoms. The van der Waals surface area contributed by atoms with Crippen molar-refractivity contribution in [1.29, 1.82) is 0 Å². The lowest BCUT2D eigenvalue weighted by Gasteiger charge is -2.22. The van der Waals surface area contributed by atoms with Gasteiger partial charge in [-0.05, 0) is 54.3 Å². The van der Waals surface area contributed by atoms with Crippen molar-refractivity contribution in [3.05, 3.63) is 65.7 Å². The highest BCUT2D eigenvalue weighted by Gasteiger charge is 2.21. The first kappa shape index (κ1) is 21.5. The molecule has 1 amide bonds. The minimum absolute atomic E-state index is 0.224. The van der Waals surface area contributed by atoms with Gasteiger partial charge in [0.2, 0.25) is 5.91 Å². The average molecular weight is 461 g/mol. The Kier molecular flexibility index (Phi) is 6.30. The summed E-state index contributed by atoms with van der Waals surface area (Å²) in [5.41, 5.74) is 4.48. The number of amides is 1. The van der Waals surface area contributed by atoms with Gasteiger partial charge in [-0.25, -0.2) is 4.98 Å².